The topological polar surface area (TPSA) is 84.5 Å². The van der Waals surface area contributed by atoms with Gasteiger partial charge in [-0.1, -0.05) is 6.07 Å². The molecule has 0 spiro atoms. The Kier molecular flexibility index (Phi) is 4.44. The molecule has 2 aliphatic rings. The molecule has 1 saturated heterocycles. The van der Waals surface area contributed by atoms with Crippen molar-refractivity contribution in [3.63, 3.8) is 0 Å². The monoisotopic (exact) mass is 338 g/mol. The number of sulfone groups is 1. The SMILES string of the molecule is COCC1(C(=O)Nc2ccc3c(c2)S(=O)(=O)CC3)CCNCC1. The van der Waals surface area contributed by atoms with E-state index in [0.717, 1.165) is 18.7 Å². The molecule has 0 aromatic heterocycles. The summed E-state index contributed by atoms with van der Waals surface area (Å²) in [4.78, 5) is 13.1. The van der Waals surface area contributed by atoms with E-state index in [1.807, 2.05) is 0 Å². The molecule has 3 rings (SSSR count). The Morgan fingerprint density at radius 1 is 1.35 bits per heavy atom. The van der Waals surface area contributed by atoms with Gasteiger partial charge in [-0.2, -0.15) is 0 Å². The molecule has 0 radical (unpaired) electrons. The van der Waals surface area contributed by atoms with E-state index >= 15 is 0 Å². The van der Waals surface area contributed by atoms with Gasteiger partial charge in [0.1, 0.15) is 0 Å². The van der Waals surface area contributed by atoms with Crippen LogP contribution in [0.3, 0.4) is 0 Å². The summed E-state index contributed by atoms with van der Waals surface area (Å²) in [5.74, 6) is 0.0511. The summed E-state index contributed by atoms with van der Waals surface area (Å²) in [7, 11) is -1.60. The number of hydrogen-bond acceptors (Lipinski definition) is 5. The summed E-state index contributed by atoms with van der Waals surface area (Å²) < 4.78 is 29.3. The van der Waals surface area contributed by atoms with Crippen molar-refractivity contribution in [1.82, 2.24) is 5.32 Å². The maximum atomic E-state index is 12.8. The molecule has 2 heterocycles. The second-order valence-electron chi connectivity index (χ2n) is 6.31. The number of rotatable bonds is 4. The van der Waals surface area contributed by atoms with Crippen molar-refractivity contribution in [2.45, 2.75) is 24.2 Å². The number of hydrogen-bond donors (Lipinski definition) is 2. The molecular weight excluding hydrogens is 316 g/mol. The van der Waals surface area contributed by atoms with Crippen LogP contribution in [-0.2, 0) is 25.8 Å². The van der Waals surface area contributed by atoms with Crippen LogP contribution in [0.25, 0.3) is 0 Å². The molecule has 1 amide bonds. The Labute approximate surface area is 136 Å². The average Bonchev–Trinajstić information content (AvgIpc) is 2.84. The minimum atomic E-state index is -3.20. The first kappa shape index (κ1) is 16.4. The van der Waals surface area contributed by atoms with Crippen LogP contribution in [0.2, 0.25) is 0 Å². The maximum Gasteiger partial charge on any atom is 0.233 e. The number of nitrogens with one attached hydrogen (secondary N) is 2. The van der Waals surface area contributed by atoms with Crippen LogP contribution < -0.4 is 10.6 Å². The Hall–Kier alpha value is -1.44. The van der Waals surface area contributed by atoms with Crippen molar-refractivity contribution >= 4 is 21.4 Å². The zero-order valence-electron chi connectivity index (χ0n) is 13.2. The Bertz CT molecular complexity index is 703. The highest BCUT2D eigenvalue weighted by Crippen LogP contribution is 2.33. The quantitative estimate of drug-likeness (QED) is 0.855. The van der Waals surface area contributed by atoms with Gasteiger partial charge >= 0.3 is 0 Å². The third-order valence-electron chi connectivity index (χ3n) is 4.76. The average molecular weight is 338 g/mol. The Balaban J connectivity index is 1.82. The zero-order valence-corrected chi connectivity index (χ0v) is 14.0. The van der Waals surface area contributed by atoms with E-state index in [9.17, 15) is 13.2 Å². The van der Waals surface area contributed by atoms with E-state index in [4.69, 9.17) is 4.74 Å². The summed E-state index contributed by atoms with van der Waals surface area (Å²) in [5.41, 5.74) is 0.808. The third kappa shape index (κ3) is 3.13. The molecule has 2 N–H and O–H groups in total. The predicted molar refractivity (Wildman–Crippen MR) is 87.2 cm³/mol. The lowest BCUT2D eigenvalue weighted by Crippen LogP contribution is -2.47. The minimum Gasteiger partial charge on any atom is -0.384 e. The normalized spacial score (nSPS) is 21.6. The number of carbonyl (C=O) groups excluding carboxylic acids is 1. The van der Waals surface area contributed by atoms with Crippen LogP contribution in [0.5, 0.6) is 0 Å². The Morgan fingerprint density at radius 3 is 2.78 bits per heavy atom. The van der Waals surface area contributed by atoms with E-state index in [0.29, 0.717) is 36.5 Å². The molecule has 23 heavy (non-hydrogen) atoms. The smallest absolute Gasteiger partial charge is 0.233 e. The summed E-state index contributed by atoms with van der Waals surface area (Å²) in [5, 5.41) is 6.14. The fourth-order valence-electron chi connectivity index (χ4n) is 3.36. The van der Waals surface area contributed by atoms with Gasteiger partial charge in [-0.15, -0.1) is 0 Å². The van der Waals surface area contributed by atoms with Crippen molar-refractivity contribution in [3.8, 4) is 0 Å². The molecule has 1 aromatic carbocycles. The van der Waals surface area contributed by atoms with Crippen molar-refractivity contribution in [3.05, 3.63) is 23.8 Å². The highest BCUT2D eigenvalue weighted by molar-refractivity contribution is 7.91. The first-order chi connectivity index (χ1) is 11.0. The van der Waals surface area contributed by atoms with Crippen LogP contribution in [0, 0.1) is 5.41 Å². The largest absolute Gasteiger partial charge is 0.384 e. The highest BCUT2D eigenvalue weighted by atomic mass is 32.2. The van der Waals surface area contributed by atoms with Crippen LogP contribution in [-0.4, -0.2) is 46.9 Å². The van der Waals surface area contributed by atoms with Gasteiger partial charge in [0.05, 0.1) is 22.7 Å². The van der Waals surface area contributed by atoms with Gasteiger partial charge in [-0.25, -0.2) is 8.42 Å². The number of benzene rings is 1. The van der Waals surface area contributed by atoms with Gasteiger partial charge in [0.2, 0.25) is 5.91 Å². The van der Waals surface area contributed by atoms with E-state index in [2.05, 4.69) is 10.6 Å². The zero-order chi connectivity index (χ0) is 16.5. The fraction of sp³-hybridized carbons (Fsp3) is 0.562. The molecule has 1 fully saturated rings. The van der Waals surface area contributed by atoms with E-state index < -0.39 is 15.3 Å². The summed E-state index contributed by atoms with van der Waals surface area (Å²) in [6.45, 7) is 1.91. The molecule has 1 aromatic rings. The molecule has 6 nitrogen and oxygen atoms in total. The summed E-state index contributed by atoms with van der Waals surface area (Å²) in [6, 6.07) is 5.15. The summed E-state index contributed by atoms with van der Waals surface area (Å²) in [6.07, 6.45) is 1.96. The van der Waals surface area contributed by atoms with Crippen molar-refractivity contribution < 1.29 is 17.9 Å². The number of fused-ring (bicyclic) bond motifs is 1. The number of aryl methyl sites for hydroxylation is 1. The van der Waals surface area contributed by atoms with Gasteiger partial charge in [0, 0.05) is 12.8 Å². The third-order valence-corrected chi connectivity index (χ3v) is 6.55. The molecule has 0 saturated carbocycles. The van der Waals surface area contributed by atoms with E-state index in [1.165, 1.54) is 0 Å². The number of methoxy groups -OCH3 is 1. The first-order valence-electron chi connectivity index (χ1n) is 7.84. The molecule has 7 heteroatoms. The first-order valence-corrected chi connectivity index (χ1v) is 9.49. The lowest BCUT2D eigenvalue weighted by Gasteiger charge is -2.35. The number of ether oxygens (including phenoxy) is 1. The maximum absolute atomic E-state index is 12.8. The van der Waals surface area contributed by atoms with Crippen molar-refractivity contribution in [1.29, 1.82) is 0 Å². The van der Waals surface area contributed by atoms with Gasteiger partial charge < -0.3 is 15.4 Å². The number of anilines is 1. The molecule has 0 unspecified atom stereocenters. The van der Waals surface area contributed by atoms with Crippen LogP contribution in [0.1, 0.15) is 18.4 Å². The van der Waals surface area contributed by atoms with Crippen molar-refractivity contribution in [2.75, 3.05) is 37.9 Å². The second-order valence-corrected chi connectivity index (χ2v) is 8.39. The number of piperidine rings is 1. The molecule has 0 bridgehead atoms. The lowest BCUT2D eigenvalue weighted by molar-refractivity contribution is -0.130. The van der Waals surface area contributed by atoms with Crippen molar-refractivity contribution in [2.24, 2.45) is 5.41 Å². The van der Waals surface area contributed by atoms with Gasteiger partial charge in [0.25, 0.3) is 0 Å². The molecule has 0 atom stereocenters. The fourth-order valence-corrected chi connectivity index (χ4v) is 4.95. The highest BCUT2D eigenvalue weighted by Gasteiger charge is 2.40. The van der Waals surface area contributed by atoms with Gasteiger partial charge in [-0.3, -0.25) is 4.79 Å². The number of amides is 1. The molecule has 0 aliphatic carbocycles. The minimum absolute atomic E-state index is 0.101. The van der Waals surface area contributed by atoms with Gasteiger partial charge in [0.15, 0.2) is 9.84 Å². The number of carbonyl (C=O) groups is 1. The predicted octanol–water partition coefficient (Wildman–Crippen LogP) is 0.971. The summed E-state index contributed by atoms with van der Waals surface area (Å²) >= 11 is 0. The van der Waals surface area contributed by atoms with Gasteiger partial charge in [-0.05, 0) is 50.0 Å². The Morgan fingerprint density at radius 2 is 2.09 bits per heavy atom. The standard InChI is InChI=1S/C16H22N2O4S/c1-22-11-16(5-7-17-8-6-16)15(19)18-13-3-2-12-4-9-23(20,21)14(12)10-13/h2-3,10,17H,4-9,11H2,1H3,(H,18,19). The molecule has 2 aliphatic heterocycles. The van der Waals surface area contributed by atoms with E-state index in [-0.39, 0.29) is 11.7 Å². The molecule has 126 valence electrons. The van der Waals surface area contributed by atoms with E-state index in [1.54, 1.807) is 25.3 Å². The lowest BCUT2D eigenvalue weighted by atomic mass is 9.78. The molecular formula is C16H22N2O4S. The van der Waals surface area contributed by atoms with Crippen LogP contribution in [0.15, 0.2) is 23.1 Å². The van der Waals surface area contributed by atoms with Crippen LogP contribution >= 0.6 is 0 Å². The van der Waals surface area contributed by atoms with Crippen LogP contribution in [0.4, 0.5) is 5.69 Å². The second kappa shape index (κ2) is 6.22.